The van der Waals surface area contributed by atoms with Crippen LogP contribution < -0.4 is 10.6 Å². The molecule has 0 fully saturated rings. The molecular formula is C21H16ClN7. The number of rotatable bonds is 5. The summed E-state index contributed by atoms with van der Waals surface area (Å²) in [6.45, 7) is 3.91. The van der Waals surface area contributed by atoms with E-state index in [4.69, 9.17) is 22.1 Å². The summed E-state index contributed by atoms with van der Waals surface area (Å²) in [4.78, 5) is 4.41. The van der Waals surface area contributed by atoms with Gasteiger partial charge >= 0.3 is 0 Å². The van der Waals surface area contributed by atoms with Gasteiger partial charge in [-0.25, -0.2) is 0 Å². The first-order valence-electron chi connectivity index (χ1n) is 8.62. The molecule has 0 bridgehead atoms. The van der Waals surface area contributed by atoms with Crippen molar-refractivity contribution in [3.05, 3.63) is 69.9 Å². The van der Waals surface area contributed by atoms with E-state index in [0.717, 1.165) is 28.1 Å². The van der Waals surface area contributed by atoms with Crippen LogP contribution in [0, 0.1) is 36.5 Å². The first-order valence-corrected chi connectivity index (χ1v) is 9.00. The van der Waals surface area contributed by atoms with Crippen molar-refractivity contribution < 1.29 is 0 Å². The van der Waals surface area contributed by atoms with Crippen LogP contribution in [-0.4, -0.2) is 15.2 Å². The second-order valence-electron chi connectivity index (χ2n) is 6.21. The molecule has 29 heavy (non-hydrogen) atoms. The second-order valence-corrected chi connectivity index (χ2v) is 6.56. The molecule has 2 aromatic carbocycles. The van der Waals surface area contributed by atoms with Crippen LogP contribution in [0.4, 0.5) is 23.1 Å². The van der Waals surface area contributed by atoms with Crippen molar-refractivity contribution in [2.75, 3.05) is 10.6 Å². The van der Waals surface area contributed by atoms with Crippen molar-refractivity contribution in [1.82, 2.24) is 15.2 Å². The zero-order valence-corrected chi connectivity index (χ0v) is 16.5. The molecule has 0 aliphatic heterocycles. The van der Waals surface area contributed by atoms with E-state index in [2.05, 4.69) is 31.9 Å². The van der Waals surface area contributed by atoms with Crippen molar-refractivity contribution in [1.29, 1.82) is 10.5 Å². The molecule has 1 aromatic heterocycles. The molecule has 0 saturated carbocycles. The van der Waals surface area contributed by atoms with Crippen molar-refractivity contribution in [3.8, 4) is 12.1 Å². The highest BCUT2D eigenvalue weighted by Crippen LogP contribution is 2.29. The number of nitrogens with zero attached hydrogens (tertiary/aromatic N) is 5. The van der Waals surface area contributed by atoms with E-state index in [1.165, 1.54) is 6.08 Å². The quantitative estimate of drug-likeness (QED) is 0.576. The Kier molecular flexibility index (Phi) is 6.03. The van der Waals surface area contributed by atoms with Gasteiger partial charge in [0, 0.05) is 17.5 Å². The van der Waals surface area contributed by atoms with Crippen LogP contribution in [0.3, 0.4) is 0 Å². The molecule has 0 saturated heterocycles. The summed E-state index contributed by atoms with van der Waals surface area (Å²) in [6, 6.07) is 14.9. The van der Waals surface area contributed by atoms with Crippen LogP contribution in [0.25, 0.3) is 6.08 Å². The average Bonchev–Trinajstić information content (AvgIpc) is 2.72. The van der Waals surface area contributed by atoms with Gasteiger partial charge in [-0.05, 0) is 73.0 Å². The molecule has 0 aliphatic carbocycles. The molecule has 0 aliphatic rings. The third-order valence-electron chi connectivity index (χ3n) is 4.06. The second kappa shape index (κ2) is 8.83. The highest BCUT2D eigenvalue weighted by atomic mass is 35.5. The van der Waals surface area contributed by atoms with Crippen LogP contribution in [0.15, 0.2) is 42.5 Å². The van der Waals surface area contributed by atoms with Crippen molar-refractivity contribution in [2.45, 2.75) is 13.8 Å². The standard InChI is InChI=1S/C21H16ClN7/c1-13-10-16(4-3-9-23)11-14(2)18(13)26-20-19(22)28-29-21(27-20)25-17-7-5-15(12-24)6-8-17/h3-8,10-11H,1-2H3,(H2,25,26,27,29)/b4-3+. The van der Waals surface area contributed by atoms with Crippen molar-refractivity contribution in [2.24, 2.45) is 0 Å². The lowest BCUT2D eigenvalue weighted by atomic mass is 10.0. The summed E-state index contributed by atoms with van der Waals surface area (Å²) in [5.41, 5.74) is 5.01. The summed E-state index contributed by atoms with van der Waals surface area (Å²) in [6.07, 6.45) is 3.19. The molecule has 0 unspecified atom stereocenters. The number of nitriles is 2. The minimum atomic E-state index is 0.141. The average molecular weight is 402 g/mol. The third-order valence-corrected chi connectivity index (χ3v) is 4.32. The molecule has 0 atom stereocenters. The van der Waals surface area contributed by atoms with Gasteiger partial charge in [0.2, 0.25) is 5.95 Å². The number of nitrogens with one attached hydrogen (secondary N) is 2. The van der Waals surface area contributed by atoms with E-state index >= 15 is 0 Å². The number of aryl methyl sites for hydroxylation is 2. The van der Waals surface area contributed by atoms with E-state index in [-0.39, 0.29) is 11.1 Å². The van der Waals surface area contributed by atoms with Gasteiger partial charge in [0.25, 0.3) is 0 Å². The number of allylic oxidation sites excluding steroid dienone is 1. The molecule has 1 heterocycles. The number of hydrogen-bond acceptors (Lipinski definition) is 7. The molecule has 3 rings (SSSR count). The Morgan fingerprint density at radius 3 is 2.31 bits per heavy atom. The first kappa shape index (κ1) is 19.8. The molecule has 7 nitrogen and oxygen atoms in total. The Labute approximate surface area is 173 Å². The highest BCUT2D eigenvalue weighted by Gasteiger charge is 2.11. The van der Waals surface area contributed by atoms with Gasteiger partial charge in [-0.15, -0.1) is 10.2 Å². The lowest BCUT2D eigenvalue weighted by Gasteiger charge is -2.14. The van der Waals surface area contributed by atoms with Crippen LogP contribution >= 0.6 is 11.6 Å². The molecule has 2 N–H and O–H groups in total. The van der Waals surface area contributed by atoms with E-state index in [1.54, 1.807) is 30.3 Å². The Morgan fingerprint density at radius 1 is 1.00 bits per heavy atom. The molecule has 0 amide bonds. The number of aromatic nitrogens is 3. The summed E-state index contributed by atoms with van der Waals surface area (Å²) in [7, 11) is 0. The summed E-state index contributed by atoms with van der Waals surface area (Å²) in [5, 5.41) is 31.9. The van der Waals surface area contributed by atoms with Crippen LogP contribution in [0.2, 0.25) is 5.15 Å². The topological polar surface area (TPSA) is 110 Å². The van der Waals surface area contributed by atoms with Gasteiger partial charge in [0.1, 0.15) is 0 Å². The summed E-state index contributed by atoms with van der Waals surface area (Å²) >= 11 is 6.18. The summed E-state index contributed by atoms with van der Waals surface area (Å²) in [5.74, 6) is 0.634. The van der Waals surface area contributed by atoms with Gasteiger partial charge in [-0.2, -0.15) is 15.5 Å². The Morgan fingerprint density at radius 2 is 1.69 bits per heavy atom. The van der Waals surface area contributed by atoms with E-state index < -0.39 is 0 Å². The molecule has 0 spiro atoms. The predicted octanol–water partition coefficient (Wildman–Crippen LogP) is 5.04. The zero-order valence-electron chi connectivity index (χ0n) is 15.7. The third kappa shape index (κ3) is 4.86. The molecule has 0 radical (unpaired) electrons. The van der Waals surface area contributed by atoms with Gasteiger partial charge in [0.15, 0.2) is 11.0 Å². The Hall–Kier alpha value is -3.94. The lowest BCUT2D eigenvalue weighted by Crippen LogP contribution is -2.05. The number of benzene rings is 2. The summed E-state index contributed by atoms with van der Waals surface area (Å²) < 4.78 is 0. The maximum Gasteiger partial charge on any atom is 0.249 e. The zero-order chi connectivity index (χ0) is 20.8. The minimum Gasteiger partial charge on any atom is -0.337 e. The van der Waals surface area contributed by atoms with Crippen molar-refractivity contribution in [3.63, 3.8) is 0 Å². The molecule has 142 valence electrons. The van der Waals surface area contributed by atoms with Gasteiger partial charge in [-0.3, -0.25) is 0 Å². The number of hydrogen-bond donors (Lipinski definition) is 2. The van der Waals surface area contributed by atoms with Gasteiger partial charge < -0.3 is 10.6 Å². The predicted molar refractivity (Wildman–Crippen MR) is 113 cm³/mol. The molecular weight excluding hydrogens is 386 g/mol. The number of halogens is 1. The van der Waals surface area contributed by atoms with Crippen LogP contribution in [0.1, 0.15) is 22.3 Å². The molecule has 3 aromatic rings. The minimum absolute atomic E-state index is 0.141. The van der Waals surface area contributed by atoms with Crippen molar-refractivity contribution >= 4 is 40.8 Å². The van der Waals surface area contributed by atoms with E-state index in [0.29, 0.717) is 11.4 Å². The maximum absolute atomic E-state index is 8.88. The van der Waals surface area contributed by atoms with Crippen LogP contribution in [-0.2, 0) is 0 Å². The normalized spacial score (nSPS) is 10.4. The molecule has 8 heteroatoms. The fourth-order valence-electron chi connectivity index (χ4n) is 2.74. The lowest BCUT2D eigenvalue weighted by molar-refractivity contribution is 0.982. The fraction of sp³-hybridized carbons (Fsp3) is 0.0952. The smallest absolute Gasteiger partial charge is 0.249 e. The monoisotopic (exact) mass is 401 g/mol. The largest absolute Gasteiger partial charge is 0.337 e. The highest BCUT2D eigenvalue weighted by molar-refractivity contribution is 6.31. The van der Waals surface area contributed by atoms with E-state index in [9.17, 15) is 0 Å². The Bertz CT molecular complexity index is 1130. The van der Waals surface area contributed by atoms with Gasteiger partial charge in [-0.1, -0.05) is 11.6 Å². The Balaban J connectivity index is 1.86. The van der Waals surface area contributed by atoms with Gasteiger partial charge in [0.05, 0.1) is 17.7 Å². The SMILES string of the molecule is Cc1cc(/C=C/C#N)cc(C)c1Nc1nc(Nc2ccc(C#N)cc2)nnc1Cl. The fourth-order valence-corrected chi connectivity index (χ4v) is 2.87. The maximum atomic E-state index is 8.88. The van der Waals surface area contributed by atoms with Crippen LogP contribution in [0.5, 0.6) is 0 Å². The van der Waals surface area contributed by atoms with E-state index in [1.807, 2.05) is 32.0 Å². The first-order chi connectivity index (χ1) is 14.0. The number of anilines is 4.